The van der Waals surface area contributed by atoms with Gasteiger partial charge in [0.2, 0.25) is 0 Å². The maximum atomic E-state index is 13.8. The van der Waals surface area contributed by atoms with Crippen molar-refractivity contribution in [2.24, 2.45) is 4.99 Å². The lowest BCUT2D eigenvalue weighted by Crippen LogP contribution is -2.39. The molecule has 122 valence electrons. The van der Waals surface area contributed by atoms with E-state index in [9.17, 15) is 4.39 Å². The highest BCUT2D eigenvalue weighted by Gasteiger charge is 2.40. The molecular formula is C17H26FN3S. The molecule has 1 aliphatic rings. The topological polar surface area (TPSA) is 36.4 Å². The fraction of sp³-hybridized carbons (Fsp3) is 0.588. The molecule has 5 heteroatoms. The van der Waals surface area contributed by atoms with Crippen LogP contribution in [-0.2, 0) is 0 Å². The van der Waals surface area contributed by atoms with Crippen LogP contribution in [0, 0.1) is 5.82 Å². The molecule has 0 aliphatic heterocycles. The first-order valence-electron chi connectivity index (χ1n) is 8.04. The summed E-state index contributed by atoms with van der Waals surface area (Å²) < 4.78 is 13.8. The Morgan fingerprint density at radius 2 is 2.18 bits per heavy atom. The average Bonchev–Trinajstić information content (AvgIpc) is 3.26. The quantitative estimate of drug-likeness (QED) is 0.437. The van der Waals surface area contributed by atoms with Crippen molar-refractivity contribution >= 4 is 17.7 Å². The first-order chi connectivity index (χ1) is 10.8. The van der Waals surface area contributed by atoms with Crippen molar-refractivity contribution in [3.8, 4) is 0 Å². The molecule has 0 aromatic heterocycles. The summed E-state index contributed by atoms with van der Waals surface area (Å²) in [6.07, 6.45) is 5.41. The maximum Gasteiger partial charge on any atom is 0.191 e. The van der Waals surface area contributed by atoms with Crippen LogP contribution in [0.3, 0.4) is 0 Å². The third-order valence-electron chi connectivity index (χ3n) is 3.79. The Hall–Kier alpha value is -1.23. The zero-order valence-electron chi connectivity index (χ0n) is 13.4. The van der Waals surface area contributed by atoms with Gasteiger partial charge in [-0.2, -0.15) is 11.8 Å². The maximum absolute atomic E-state index is 13.8. The summed E-state index contributed by atoms with van der Waals surface area (Å²) >= 11 is 1.88. The third kappa shape index (κ3) is 5.20. The van der Waals surface area contributed by atoms with E-state index in [2.05, 4.69) is 28.8 Å². The number of aliphatic imine (C=N–C) groups is 1. The van der Waals surface area contributed by atoms with Gasteiger partial charge in [0.25, 0.3) is 0 Å². The van der Waals surface area contributed by atoms with Crippen molar-refractivity contribution in [3.63, 3.8) is 0 Å². The SMILES string of the molecule is CCNC(=NCCCCSC)NC1CC1c1ccccc1F. The zero-order chi connectivity index (χ0) is 15.8. The number of nitrogens with one attached hydrogen (secondary N) is 2. The summed E-state index contributed by atoms with van der Waals surface area (Å²) in [5.41, 5.74) is 0.816. The van der Waals surface area contributed by atoms with Crippen LogP contribution in [-0.4, -0.2) is 37.1 Å². The molecular weight excluding hydrogens is 297 g/mol. The number of nitrogens with zero attached hydrogens (tertiary/aromatic N) is 1. The Morgan fingerprint density at radius 3 is 2.91 bits per heavy atom. The number of guanidine groups is 1. The second kappa shape index (κ2) is 9.03. The van der Waals surface area contributed by atoms with Gasteiger partial charge in [-0.3, -0.25) is 4.99 Å². The van der Waals surface area contributed by atoms with Crippen molar-refractivity contribution in [2.45, 2.75) is 38.1 Å². The van der Waals surface area contributed by atoms with Crippen LogP contribution in [0.1, 0.15) is 37.7 Å². The van der Waals surface area contributed by atoms with Crippen molar-refractivity contribution in [1.29, 1.82) is 0 Å². The summed E-state index contributed by atoms with van der Waals surface area (Å²) in [6.45, 7) is 3.74. The molecule has 3 nitrogen and oxygen atoms in total. The molecule has 0 saturated heterocycles. The fourth-order valence-electron chi connectivity index (χ4n) is 2.52. The van der Waals surface area contributed by atoms with Crippen LogP contribution in [0.25, 0.3) is 0 Å². The van der Waals surface area contributed by atoms with E-state index < -0.39 is 0 Å². The highest BCUT2D eigenvalue weighted by molar-refractivity contribution is 7.98. The molecule has 1 fully saturated rings. The van der Waals surface area contributed by atoms with Crippen LogP contribution in [0.5, 0.6) is 0 Å². The molecule has 1 aliphatic carbocycles. The Bertz CT molecular complexity index is 493. The highest BCUT2D eigenvalue weighted by atomic mass is 32.2. The Labute approximate surface area is 137 Å². The molecule has 1 saturated carbocycles. The first-order valence-corrected chi connectivity index (χ1v) is 9.43. The number of halogens is 1. The molecule has 0 radical (unpaired) electrons. The smallest absolute Gasteiger partial charge is 0.191 e. The van der Waals surface area contributed by atoms with E-state index in [1.54, 1.807) is 6.07 Å². The summed E-state index contributed by atoms with van der Waals surface area (Å²) in [7, 11) is 0. The molecule has 22 heavy (non-hydrogen) atoms. The predicted molar refractivity (Wildman–Crippen MR) is 94.3 cm³/mol. The van der Waals surface area contributed by atoms with Crippen LogP contribution in [0.4, 0.5) is 4.39 Å². The van der Waals surface area contributed by atoms with E-state index in [4.69, 9.17) is 0 Å². The van der Waals surface area contributed by atoms with Crippen LogP contribution >= 0.6 is 11.8 Å². The minimum absolute atomic E-state index is 0.101. The van der Waals surface area contributed by atoms with Crippen molar-refractivity contribution in [3.05, 3.63) is 35.6 Å². The molecule has 0 spiro atoms. The number of rotatable bonds is 8. The van der Waals surface area contributed by atoms with Gasteiger partial charge >= 0.3 is 0 Å². The van der Waals surface area contributed by atoms with E-state index in [1.165, 1.54) is 18.2 Å². The van der Waals surface area contributed by atoms with Gasteiger partial charge in [-0.15, -0.1) is 0 Å². The minimum Gasteiger partial charge on any atom is -0.357 e. The Kier molecular flexibility index (Phi) is 7.03. The molecule has 0 heterocycles. The molecule has 0 amide bonds. The normalized spacial score (nSPS) is 20.8. The predicted octanol–water partition coefficient (Wildman–Crippen LogP) is 3.38. The van der Waals surface area contributed by atoms with Gasteiger partial charge in [-0.1, -0.05) is 18.2 Å². The van der Waals surface area contributed by atoms with Crippen molar-refractivity contribution in [2.75, 3.05) is 25.1 Å². The highest BCUT2D eigenvalue weighted by Crippen LogP contribution is 2.41. The van der Waals surface area contributed by atoms with Crippen molar-refractivity contribution in [1.82, 2.24) is 10.6 Å². The second-order valence-corrected chi connectivity index (χ2v) is 6.56. The summed E-state index contributed by atoms with van der Waals surface area (Å²) in [6, 6.07) is 7.35. The Balaban J connectivity index is 1.82. The van der Waals surface area contributed by atoms with E-state index >= 15 is 0 Å². The number of unbranched alkanes of at least 4 members (excludes halogenated alkanes) is 1. The molecule has 1 aromatic rings. The standard InChI is InChI=1S/C17H26FN3S/c1-3-19-17(20-10-6-7-11-22-2)21-16-12-14(16)13-8-4-5-9-15(13)18/h4-5,8-9,14,16H,3,6-7,10-12H2,1-2H3,(H2,19,20,21). The number of thioether (sulfide) groups is 1. The van der Waals surface area contributed by atoms with Gasteiger partial charge in [0.15, 0.2) is 5.96 Å². The summed E-state index contributed by atoms with van der Waals surface area (Å²) in [4.78, 5) is 4.61. The van der Waals surface area contributed by atoms with E-state index in [1.807, 2.05) is 23.9 Å². The largest absolute Gasteiger partial charge is 0.357 e. The molecule has 2 N–H and O–H groups in total. The molecule has 2 unspecified atom stereocenters. The third-order valence-corrected chi connectivity index (χ3v) is 4.48. The molecule has 2 atom stereocenters. The van der Waals surface area contributed by atoms with Gasteiger partial charge in [0.05, 0.1) is 0 Å². The summed E-state index contributed by atoms with van der Waals surface area (Å²) in [5.74, 6) is 2.21. The zero-order valence-corrected chi connectivity index (χ0v) is 14.3. The molecule has 2 rings (SSSR count). The van der Waals surface area contributed by atoms with E-state index in [0.717, 1.165) is 37.5 Å². The van der Waals surface area contributed by atoms with Gasteiger partial charge in [0, 0.05) is 25.0 Å². The molecule has 0 bridgehead atoms. The van der Waals surface area contributed by atoms with Crippen LogP contribution in [0.15, 0.2) is 29.3 Å². The van der Waals surface area contributed by atoms with E-state index in [0.29, 0.717) is 6.04 Å². The monoisotopic (exact) mass is 323 g/mol. The van der Waals surface area contributed by atoms with Gasteiger partial charge in [-0.25, -0.2) is 4.39 Å². The first kappa shape index (κ1) is 17.1. The van der Waals surface area contributed by atoms with Gasteiger partial charge in [0.1, 0.15) is 5.82 Å². The van der Waals surface area contributed by atoms with Gasteiger partial charge < -0.3 is 10.6 Å². The Morgan fingerprint density at radius 1 is 1.36 bits per heavy atom. The fourth-order valence-corrected chi connectivity index (χ4v) is 3.01. The lowest BCUT2D eigenvalue weighted by molar-refractivity contribution is 0.607. The van der Waals surface area contributed by atoms with Crippen LogP contribution in [0.2, 0.25) is 0 Å². The van der Waals surface area contributed by atoms with Crippen LogP contribution < -0.4 is 10.6 Å². The molecule has 1 aromatic carbocycles. The summed E-state index contributed by atoms with van der Waals surface area (Å²) in [5, 5.41) is 6.70. The van der Waals surface area contributed by atoms with E-state index in [-0.39, 0.29) is 11.7 Å². The minimum atomic E-state index is -0.101. The number of hydrogen-bond donors (Lipinski definition) is 2. The second-order valence-electron chi connectivity index (χ2n) is 5.58. The number of benzene rings is 1. The van der Waals surface area contributed by atoms with Gasteiger partial charge in [-0.05, 0) is 49.8 Å². The lowest BCUT2D eigenvalue weighted by Gasteiger charge is -2.11. The average molecular weight is 323 g/mol. The van der Waals surface area contributed by atoms with Crippen molar-refractivity contribution < 1.29 is 4.39 Å². The number of hydrogen-bond acceptors (Lipinski definition) is 2. The lowest BCUT2D eigenvalue weighted by atomic mass is 10.1.